The topological polar surface area (TPSA) is 29.5 Å². The minimum absolute atomic E-state index is 0.149. The summed E-state index contributed by atoms with van der Waals surface area (Å²) in [5.74, 6) is 0.829. The smallest absolute Gasteiger partial charge is 0.140 e. The lowest BCUT2D eigenvalue weighted by atomic mass is 9.99. The summed E-state index contributed by atoms with van der Waals surface area (Å²) in [6.45, 7) is 5.48. The van der Waals surface area contributed by atoms with E-state index in [1.807, 2.05) is 29.8 Å². The summed E-state index contributed by atoms with van der Waals surface area (Å²) in [7, 11) is 0. The zero-order valence-electron chi connectivity index (χ0n) is 10.5. The van der Waals surface area contributed by atoms with Crippen LogP contribution in [0, 0.1) is 0 Å². The molecule has 0 spiro atoms. The second kappa shape index (κ2) is 5.25. The highest BCUT2D eigenvalue weighted by molar-refractivity contribution is 7.80. The standard InChI is InChI=1S/C13H16O2S3/c1-8(16)15-10-5-7-18-12(10)11-9(4-6-17-11)13(2,3)14/h4-8,14,16H,1-3H3/t8-/m1/s1. The molecule has 0 aliphatic rings. The molecular weight excluding hydrogens is 284 g/mol. The Morgan fingerprint density at radius 1 is 1.22 bits per heavy atom. The van der Waals surface area contributed by atoms with Crippen LogP contribution in [-0.2, 0) is 5.60 Å². The Labute approximate surface area is 121 Å². The molecule has 0 aliphatic heterocycles. The van der Waals surface area contributed by atoms with Gasteiger partial charge in [0.25, 0.3) is 0 Å². The van der Waals surface area contributed by atoms with Gasteiger partial charge in [-0.1, -0.05) is 0 Å². The fourth-order valence-electron chi connectivity index (χ4n) is 1.71. The van der Waals surface area contributed by atoms with Crippen molar-refractivity contribution in [1.29, 1.82) is 0 Å². The van der Waals surface area contributed by atoms with Crippen LogP contribution in [0.15, 0.2) is 22.9 Å². The molecule has 18 heavy (non-hydrogen) atoms. The third kappa shape index (κ3) is 2.91. The van der Waals surface area contributed by atoms with Gasteiger partial charge in [-0.2, -0.15) is 0 Å². The third-order valence-corrected chi connectivity index (χ3v) is 4.54. The van der Waals surface area contributed by atoms with Gasteiger partial charge in [0.1, 0.15) is 11.2 Å². The number of ether oxygens (including phenoxy) is 1. The summed E-state index contributed by atoms with van der Waals surface area (Å²) in [5.41, 5.74) is -0.0566. The van der Waals surface area contributed by atoms with Crippen LogP contribution < -0.4 is 4.74 Å². The molecule has 0 saturated carbocycles. The number of rotatable bonds is 4. The third-order valence-electron chi connectivity index (χ3n) is 2.46. The second-order valence-electron chi connectivity index (χ2n) is 4.55. The Hall–Kier alpha value is -0.490. The van der Waals surface area contributed by atoms with Gasteiger partial charge in [-0.3, -0.25) is 0 Å². The zero-order valence-corrected chi connectivity index (χ0v) is 13.0. The molecule has 2 rings (SSSR count). The minimum Gasteiger partial charge on any atom is -0.479 e. The van der Waals surface area contributed by atoms with Crippen molar-refractivity contribution in [3.8, 4) is 15.5 Å². The number of thiophene rings is 2. The van der Waals surface area contributed by atoms with Crippen LogP contribution >= 0.6 is 35.3 Å². The van der Waals surface area contributed by atoms with Gasteiger partial charge in [0.2, 0.25) is 0 Å². The van der Waals surface area contributed by atoms with Crippen molar-refractivity contribution in [2.24, 2.45) is 0 Å². The van der Waals surface area contributed by atoms with Crippen LogP contribution in [0.5, 0.6) is 5.75 Å². The summed E-state index contributed by atoms with van der Waals surface area (Å²) in [6.07, 6.45) is 0. The average Bonchev–Trinajstić information content (AvgIpc) is 2.81. The van der Waals surface area contributed by atoms with Gasteiger partial charge >= 0.3 is 0 Å². The minimum atomic E-state index is -0.844. The van der Waals surface area contributed by atoms with E-state index in [1.165, 1.54) is 0 Å². The number of aliphatic hydroxyl groups is 1. The predicted molar refractivity (Wildman–Crippen MR) is 82.0 cm³/mol. The lowest BCUT2D eigenvalue weighted by Gasteiger charge is -2.18. The van der Waals surface area contributed by atoms with Crippen LogP contribution in [0.3, 0.4) is 0 Å². The quantitative estimate of drug-likeness (QED) is 0.649. The highest BCUT2D eigenvalue weighted by Gasteiger charge is 2.24. The van der Waals surface area contributed by atoms with Crippen LogP contribution in [-0.4, -0.2) is 10.5 Å². The Morgan fingerprint density at radius 2 is 1.83 bits per heavy atom. The van der Waals surface area contributed by atoms with Gasteiger partial charge in [0, 0.05) is 5.56 Å². The number of thiol groups is 1. The molecule has 0 saturated heterocycles. The van der Waals surface area contributed by atoms with Crippen molar-refractivity contribution in [2.75, 3.05) is 0 Å². The van der Waals surface area contributed by atoms with Crippen molar-refractivity contribution < 1.29 is 9.84 Å². The van der Waals surface area contributed by atoms with E-state index in [-0.39, 0.29) is 5.44 Å². The zero-order chi connectivity index (χ0) is 13.3. The molecule has 2 heterocycles. The normalized spacial score (nSPS) is 13.6. The maximum Gasteiger partial charge on any atom is 0.140 e. The van der Waals surface area contributed by atoms with Crippen LogP contribution in [0.1, 0.15) is 26.3 Å². The highest BCUT2D eigenvalue weighted by atomic mass is 32.1. The Kier molecular flexibility index (Phi) is 4.06. The van der Waals surface area contributed by atoms with Gasteiger partial charge in [-0.05, 0) is 43.7 Å². The van der Waals surface area contributed by atoms with Gasteiger partial charge in [-0.25, -0.2) is 0 Å². The molecule has 0 aromatic carbocycles. The average molecular weight is 300 g/mol. The molecule has 0 amide bonds. The molecule has 2 aromatic heterocycles. The first kappa shape index (κ1) is 13.9. The molecule has 0 aliphatic carbocycles. The van der Waals surface area contributed by atoms with Crippen molar-refractivity contribution >= 4 is 35.3 Å². The van der Waals surface area contributed by atoms with Crippen LogP contribution in [0.25, 0.3) is 9.75 Å². The van der Waals surface area contributed by atoms with Crippen LogP contribution in [0.2, 0.25) is 0 Å². The summed E-state index contributed by atoms with van der Waals surface area (Å²) in [5, 5.41) is 14.2. The molecular formula is C13H16O2S3. The lowest BCUT2D eigenvalue weighted by Crippen LogP contribution is -2.15. The van der Waals surface area contributed by atoms with E-state index in [4.69, 9.17) is 4.74 Å². The van der Waals surface area contributed by atoms with Crippen molar-refractivity contribution in [3.05, 3.63) is 28.5 Å². The van der Waals surface area contributed by atoms with Crippen molar-refractivity contribution in [2.45, 2.75) is 31.8 Å². The van der Waals surface area contributed by atoms with E-state index < -0.39 is 5.60 Å². The lowest BCUT2D eigenvalue weighted by molar-refractivity contribution is 0.0796. The highest BCUT2D eigenvalue weighted by Crippen LogP contribution is 2.44. The molecule has 1 atom stereocenters. The molecule has 98 valence electrons. The Balaban J connectivity index is 2.44. The van der Waals surface area contributed by atoms with Crippen molar-refractivity contribution in [3.63, 3.8) is 0 Å². The van der Waals surface area contributed by atoms with E-state index in [9.17, 15) is 5.11 Å². The van der Waals surface area contributed by atoms with Crippen LogP contribution in [0.4, 0.5) is 0 Å². The molecule has 0 radical (unpaired) electrons. The maximum atomic E-state index is 10.2. The van der Waals surface area contributed by atoms with Crippen molar-refractivity contribution in [1.82, 2.24) is 0 Å². The van der Waals surface area contributed by atoms with Gasteiger partial charge in [0.05, 0.1) is 15.4 Å². The molecule has 0 unspecified atom stereocenters. The first-order valence-corrected chi connectivity index (χ1v) is 7.90. The van der Waals surface area contributed by atoms with E-state index in [0.29, 0.717) is 0 Å². The van der Waals surface area contributed by atoms with E-state index >= 15 is 0 Å². The summed E-state index contributed by atoms with van der Waals surface area (Å²) < 4.78 is 5.68. The molecule has 5 heteroatoms. The molecule has 1 N–H and O–H groups in total. The molecule has 0 fully saturated rings. The molecule has 2 nitrogen and oxygen atoms in total. The summed E-state index contributed by atoms with van der Waals surface area (Å²) >= 11 is 7.49. The summed E-state index contributed by atoms with van der Waals surface area (Å²) in [4.78, 5) is 2.13. The first-order valence-electron chi connectivity index (χ1n) is 5.62. The fourth-order valence-corrected chi connectivity index (χ4v) is 3.88. The molecule has 0 bridgehead atoms. The Morgan fingerprint density at radius 3 is 2.44 bits per heavy atom. The summed E-state index contributed by atoms with van der Waals surface area (Å²) in [6, 6.07) is 3.91. The van der Waals surface area contributed by atoms with E-state index in [1.54, 1.807) is 36.5 Å². The first-order chi connectivity index (χ1) is 8.39. The SMILES string of the molecule is C[C@@H](S)Oc1ccsc1-c1sccc1C(C)(C)O. The number of hydrogen-bond donors (Lipinski definition) is 2. The molecule has 2 aromatic rings. The van der Waals surface area contributed by atoms with E-state index in [2.05, 4.69) is 12.6 Å². The van der Waals surface area contributed by atoms with E-state index in [0.717, 1.165) is 21.1 Å². The second-order valence-corrected chi connectivity index (χ2v) is 7.11. The fraction of sp³-hybridized carbons (Fsp3) is 0.385. The van der Waals surface area contributed by atoms with Gasteiger partial charge in [0.15, 0.2) is 0 Å². The number of hydrogen-bond acceptors (Lipinski definition) is 5. The van der Waals surface area contributed by atoms with Gasteiger partial charge in [-0.15, -0.1) is 35.3 Å². The van der Waals surface area contributed by atoms with Gasteiger partial charge < -0.3 is 9.84 Å². The predicted octanol–water partition coefficient (Wildman–Crippen LogP) is 4.36. The largest absolute Gasteiger partial charge is 0.479 e. The maximum absolute atomic E-state index is 10.2. The monoisotopic (exact) mass is 300 g/mol. The Bertz CT molecular complexity index is 520.